The molecule has 1 aliphatic rings. The lowest BCUT2D eigenvalue weighted by Crippen LogP contribution is -2.29. The third-order valence-electron chi connectivity index (χ3n) is 4.91. The van der Waals surface area contributed by atoms with Gasteiger partial charge < -0.3 is 19.7 Å². The molecule has 0 radical (unpaired) electrons. The Labute approximate surface area is 166 Å². The summed E-state index contributed by atoms with van der Waals surface area (Å²) in [5.74, 6) is -0.446. The number of benzene rings is 1. The first kappa shape index (κ1) is 18.6. The van der Waals surface area contributed by atoms with Gasteiger partial charge in [0.25, 0.3) is 5.91 Å². The zero-order valence-electron chi connectivity index (χ0n) is 15.4. The highest BCUT2D eigenvalue weighted by Crippen LogP contribution is 2.25. The van der Waals surface area contributed by atoms with Crippen molar-refractivity contribution in [2.24, 2.45) is 0 Å². The number of amides is 1. The van der Waals surface area contributed by atoms with Gasteiger partial charge in [-0.05, 0) is 49.4 Å². The molecule has 7 nitrogen and oxygen atoms in total. The van der Waals surface area contributed by atoms with Crippen LogP contribution in [-0.4, -0.2) is 39.2 Å². The van der Waals surface area contributed by atoms with E-state index in [4.69, 9.17) is 4.74 Å². The number of hydrogen-bond acceptors (Lipinski definition) is 5. The summed E-state index contributed by atoms with van der Waals surface area (Å²) in [5, 5.41) is 14.1. The molecule has 8 heteroatoms. The Hall–Kier alpha value is -2.71. The number of nitrogens with zero attached hydrogens (tertiary/aromatic N) is 2. The van der Waals surface area contributed by atoms with E-state index in [0.717, 1.165) is 25.0 Å². The van der Waals surface area contributed by atoms with Crippen LogP contribution in [0.4, 0.5) is 0 Å². The van der Waals surface area contributed by atoms with Gasteiger partial charge in [-0.2, -0.15) is 0 Å². The van der Waals surface area contributed by atoms with Gasteiger partial charge in [0.15, 0.2) is 0 Å². The van der Waals surface area contributed by atoms with E-state index in [1.165, 1.54) is 11.3 Å². The maximum Gasteiger partial charge on any atom is 0.335 e. The molecular formula is C20H21N3O4S. The highest BCUT2D eigenvalue weighted by Gasteiger charge is 2.24. The van der Waals surface area contributed by atoms with Crippen LogP contribution in [-0.2, 0) is 11.3 Å². The number of rotatable bonds is 6. The van der Waals surface area contributed by atoms with E-state index < -0.39 is 5.97 Å². The summed E-state index contributed by atoms with van der Waals surface area (Å²) in [7, 11) is 0. The van der Waals surface area contributed by atoms with Crippen molar-refractivity contribution in [3.8, 4) is 0 Å². The van der Waals surface area contributed by atoms with Crippen molar-refractivity contribution in [3.05, 3.63) is 52.0 Å². The van der Waals surface area contributed by atoms with Crippen molar-refractivity contribution < 1.29 is 19.4 Å². The minimum Gasteiger partial charge on any atom is -0.478 e. The number of carbonyl (C=O) groups excluding carboxylic acids is 1. The highest BCUT2D eigenvalue weighted by molar-refractivity contribution is 7.12. The van der Waals surface area contributed by atoms with Crippen molar-refractivity contribution >= 4 is 34.2 Å². The predicted octanol–water partition coefficient (Wildman–Crippen LogP) is 3.47. The topological polar surface area (TPSA) is 93.5 Å². The molecule has 1 saturated heterocycles. The number of aromatic nitrogens is 2. The fourth-order valence-corrected chi connectivity index (χ4v) is 4.16. The number of imidazole rings is 1. The number of carbonyl (C=O) groups is 2. The van der Waals surface area contributed by atoms with Gasteiger partial charge in [0.2, 0.25) is 0 Å². The van der Waals surface area contributed by atoms with Crippen LogP contribution in [0.1, 0.15) is 51.7 Å². The van der Waals surface area contributed by atoms with Gasteiger partial charge in [-0.3, -0.25) is 4.79 Å². The Balaban J connectivity index is 1.69. The number of fused-ring (bicyclic) bond motifs is 1. The van der Waals surface area contributed by atoms with E-state index in [1.54, 1.807) is 24.3 Å². The number of thiophene rings is 1. The van der Waals surface area contributed by atoms with Gasteiger partial charge in [0.05, 0.1) is 40.2 Å². The van der Waals surface area contributed by atoms with Crippen LogP contribution in [0.25, 0.3) is 11.0 Å². The molecule has 0 aliphatic carbocycles. The SMILES string of the molecule is C[C@@H](NC(=O)c1cccs1)c1nc2cc(C(=O)O)ccc2n1C[C@@H]1CCCO1. The Morgan fingerprint density at radius 2 is 2.29 bits per heavy atom. The third-order valence-corrected chi connectivity index (χ3v) is 5.78. The molecule has 1 fully saturated rings. The van der Waals surface area contributed by atoms with Gasteiger partial charge in [-0.15, -0.1) is 11.3 Å². The van der Waals surface area contributed by atoms with Gasteiger partial charge in [0, 0.05) is 6.61 Å². The second-order valence-corrected chi connectivity index (χ2v) is 7.84. The number of hydrogen-bond donors (Lipinski definition) is 2. The van der Waals surface area contributed by atoms with Crippen LogP contribution < -0.4 is 5.32 Å². The second kappa shape index (κ2) is 7.73. The summed E-state index contributed by atoms with van der Waals surface area (Å²) in [5.41, 5.74) is 1.63. The lowest BCUT2D eigenvalue weighted by Gasteiger charge is -2.18. The van der Waals surface area contributed by atoms with Crippen LogP contribution in [0.15, 0.2) is 35.7 Å². The maximum atomic E-state index is 12.5. The fraction of sp³-hybridized carbons (Fsp3) is 0.350. The van der Waals surface area contributed by atoms with Crippen molar-refractivity contribution in [2.45, 2.75) is 38.5 Å². The molecule has 2 aromatic heterocycles. The number of carboxylic acids is 1. The molecule has 146 valence electrons. The molecule has 2 N–H and O–H groups in total. The van der Waals surface area contributed by atoms with Crippen molar-refractivity contribution in [1.82, 2.24) is 14.9 Å². The molecule has 0 spiro atoms. The lowest BCUT2D eigenvalue weighted by atomic mass is 10.2. The zero-order valence-corrected chi connectivity index (χ0v) is 16.2. The molecular weight excluding hydrogens is 378 g/mol. The first-order valence-electron chi connectivity index (χ1n) is 9.22. The molecule has 0 unspecified atom stereocenters. The number of ether oxygens (including phenoxy) is 1. The Bertz CT molecular complexity index is 1010. The van der Waals surface area contributed by atoms with Crippen molar-refractivity contribution in [1.29, 1.82) is 0 Å². The zero-order chi connectivity index (χ0) is 19.7. The molecule has 1 amide bonds. The molecule has 0 bridgehead atoms. The van der Waals surface area contributed by atoms with E-state index in [-0.39, 0.29) is 23.6 Å². The van der Waals surface area contributed by atoms with Crippen LogP contribution in [0.3, 0.4) is 0 Å². The first-order chi connectivity index (χ1) is 13.5. The van der Waals surface area contributed by atoms with Gasteiger partial charge >= 0.3 is 5.97 Å². The van der Waals surface area contributed by atoms with Crippen molar-refractivity contribution in [2.75, 3.05) is 6.61 Å². The molecule has 2 atom stereocenters. The highest BCUT2D eigenvalue weighted by atomic mass is 32.1. The second-order valence-electron chi connectivity index (χ2n) is 6.90. The summed E-state index contributed by atoms with van der Waals surface area (Å²) < 4.78 is 7.82. The van der Waals surface area contributed by atoms with Gasteiger partial charge in [-0.25, -0.2) is 9.78 Å². The predicted molar refractivity (Wildman–Crippen MR) is 106 cm³/mol. The third kappa shape index (κ3) is 3.65. The Kier molecular flexibility index (Phi) is 5.15. The molecule has 0 saturated carbocycles. The largest absolute Gasteiger partial charge is 0.478 e. The van der Waals surface area contributed by atoms with E-state index >= 15 is 0 Å². The molecule has 3 heterocycles. The first-order valence-corrected chi connectivity index (χ1v) is 10.1. The summed E-state index contributed by atoms with van der Waals surface area (Å²) >= 11 is 1.38. The van der Waals surface area contributed by atoms with Crippen molar-refractivity contribution in [3.63, 3.8) is 0 Å². The number of aromatic carboxylic acids is 1. The summed E-state index contributed by atoms with van der Waals surface area (Å²) in [6.07, 6.45) is 2.10. The Morgan fingerprint density at radius 3 is 2.96 bits per heavy atom. The molecule has 1 aliphatic heterocycles. The molecule has 3 aromatic rings. The van der Waals surface area contributed by atoms with Crippen LogP contribution in [0.2, 0.25) is 0 Å². The standard InChI is InChI=1S/C20H21N3O4S/c1-12(21-19(24)17-5-3-9-28-17)18-22-15-10-13(20(25)26)6-7-16(15)23(18)11-14-4-2-8-27-14/h3,5-7,9-10,12,14H,2,4,8,11H2,1H3,(H,21,24)(H,25,26)/t12-,14+/m1/s1. The quantitative estimate of drug-likeness (QED) is 0.662. The number of carboxylic acid groups (broad SMARTS) is 1. The van der Waals surface area contributed by atoms with Crippen LogP contribution >= 0.6 is 11.3 Å². The Morgan fingerprint density at radius 1 is 1.43 bits per heavy atom. The normalized spacial score (nSPS) is 17.7. The van der Waals surface area contributed by atoms with E-state index in [1.807, 2.05) is 22.9 Å². The van der Waals surface area contributed by atoms with Crippen LogP contribution in [0.5, 0.6) is 0 Å². The average molecular weight is 399 g/mol. The molecule has 1 aromatic carbocycles. The smallest absolute Gasteiger partial charge is 0.335 e. The van der Waals surface area contributed by atoms with E-state index in [0.29, 0.717) is 22.8 Å². The van der Waals surface area contributed by atoms with E-state index in [2.05, 4.69) is 10.3 Å². The number of nitrogens with one attached hydrogen (secondary N) is 1. The lowest BCUT2D eigenvalue weighted by molar-refractivity contribution is 0.0696. The molecule has 28 heavy (non-hydrogen) atoms. The monoisotopic (exact) mass is 399 g/mol. The average Bonchev–Trinajstić information content (AvgIpc) is 3.43. The minimum atomic E-state index is -0.990. The van der Waals surface area contributed by atoms with Crippen LogP contribution in [0, 0.1) is 0 Å². The fourth-order valence-electron chi connectivity index (χ4n) is 3.54. The summed E-state index contributed by atoms with van der Waals surface area (Å²) in [4.78, 5) is 29.1. The van der Waals surface area contributed by atoms with Gasteiger partial charge in [-0.1, -0.05) is 6.07 Å². The van der Waals surface area contributed by atoms with Gasteiger partial charge in [0.1, 0.15) is 5.82 Å². The summed E-state index contributed by atoms with van der Waals surface area (Å²) in [6, 6.07) is 8.21. The molecule has 4 rings (SSSR count). The van der Waals surface area contributed by atoms with E-state index in [9.17, 15) is 14.7 Å². The minimum absolute atomic E-state index is 0.0931. The maximum absolute atomic E-state index is 12.5. The summed E-state index contributed by atoms with van der Waals surface area (Å²) in [6.45, 7) is 3.26.